The molecule has 0 radical (unpaired) electrons. The fourth-order valence-corrected chi connectivity index (χ4v) is 1.42. The molecule has 86 valence electrons. The van der Waals surface area contributed by atoms with Gasteiger partial charge in [0, 0.05) is 25.9 Å². The largest absolute Gasteiger partial charge is 0.408 e. The lowest BCUT2D eigenvalue weighted by Crippen LogP contribution is -2.23. The van der Waals surface area contributed by atoms with Gasteiger partial charge in [-0.15, -0.1) is 16.7 Å². The van der Waals surface area contributed by atoms with E-state index in [-0.39, 0.29) is 0 Å². The number of hydrogen-bond acceptors (Lipinski definition) is 4. The summed E-state index contributed by atoms with van der Waals surface area (Å²) in [6.07, 6.45) is 1.78. The van der Waals surface area contributed by atoms with Crippen LogP contribution in [0.3, 0.4) is 0 Å². The number of hydrogen-bond donors (Lipinski definition) is 0. The Balaban J connectivity index is 2.53. The minimum atomic E-state index is 0.511. The van der Waals surface area contributed by atoms with Crippen LogP contribution in [0, 0.1) is 5.92 Å². The van der Waals surface area contributed by atoms with Gasteiger partial charge >= 0.3 is 6.01 Å². The predicted molar refractivity (Wildman–Crippen MR) is 61.4 cm³/mol. The van der Waals surface area contributed by atoms with Crippen LogP contribution in [0.2, 0.25) is 0 Å². The van der Waals surface area contributed by atoms with Crippen molar-refractivity contribution in [1.82, 2.24) is 10.2 Å². The lowest BCUT2D eigenvalue weighted by atomic mass is 10.1. The zero-order valence-corrected chi connectivity index (χ0v) is 10.3. The van der Waals surface area contributed by atoms with Crippen LogP contribution in [0.25, 0.3) is 0 Å². The molecule has 4 nitrogen and oxygen atoms in total. The summed E-state index contributed by atoms with van der Waals surface area (Å²) in [6, 6.07) is 0.579. The van der Waals surface area contributed by atoms with Crippen LogP contribution in [0.15, 0.2) is 4.42 Å². The molecular formula is C10H18ClN3O. The molecule has 0 N–H and O–H groups in total. The second kappa shape index (κ2) is 5.95. The van der Waals surface area contributed by atoms with E-state index in [0.717, 1.165) is 13.0 Å². The summed E-state index contributed by atoms with van der Waals surface area (Å²) in [5.74, 6) is 1.74. The van der Waals surface area contributed by atoms with Gasteiger partial charge in [-0.3, -0.25) is 0 Å². The first-order valence-electron chi connectivity index (χ1n) is 5.26. The molecule has 0 amide bonds. The van der Waals surface area contributed by atoms with Crippen molar-refractivity contribution in [3.8, 4) is 0 Å². The Morgan fingerprint density at radius 2 is 2.20 bits per heavy atom. The van der Waals surface area contributed by atoms with E-state index >= 15 is 0 Å². The molecular weight excluding hydrogens is 214 g/mol. The molecule has 0 fully saturated rings. The van der Waals surface area contributed by atoms with Crippen molar-refractivity contribution in [1.29, 1.82) is 0 Å². The van der Waals surface area contributed by atoms with Crippen LogP contribution in [0.1, 0.15) is 26.2 Å². The summed E-state index contributed by atoms with van der Waals surface area (Å²) < 4.78 is 5.45. The van der Waals surface area contributed by atoms with Crippen molar-refractivity contribution in [2.24, 2.45) is 5.92 Å². The van der Waals surface area contributed by atoms with Gasteiger partial charge in [-0.25, -0.2) is 0 Å². The quantitative estimate of drug-likeness (QED) is 0.705. The second-order valence-electron chi connectivity index (χ2n) is 3.81. The molecule has 1 aromatic rings. The van der Waals surface area contributed by atoms with E-state index in [1.54, 1.807) is 0 Å². The fraction of sp³-hybridized carbons (Fsp3) is 0.800. The Bertz CT molecular complexity index is 290. The molecule has 0 aliphatic rings. The average molecular weight is 232 g/mol. The first-order chi connectivity index (χ1) is 7.17. The van der Waals surface area contributed by atoms with Crippen LogP contribution in [-0.4, -0.2) is 29.7 Å². The van der Waals surface area contributed by atoms with E-state index in [2.05, 4.69) is 24.0 Å². The minimum absolute atomic E-state index is 0.511. The number of rotatable bonds is 6. The van der Waals surface area contributed by atoms with Crippen LogP contribution >= 0.6 is 11.6 Å². The number of alkyl halides is 1. The van der Waals surface area contributed by atoms with Crippen molar-refractivity contribution in [2.75, 3.05) is 24.4 Å². The maximum absolute atomic E-state index is 5.59. The molecule has 1 unspecified atom stereocenters. The summed E-state index contributed by atoms with van der Waals surface area (Å²) in [5.41, 5.74) is 0. The van der Waals surface area contributed by atoms with E-state index in [1.807, 2.05) is 11.9 Å². The molecule has 0 aliphatic carbocycles. The zero-order chi connectivity index (χ0) is 11.3. The van der Waals surface area contributed by atoms with Crippen molar-refractivity contribution >= 4 is 17.6 Å². The number of aromatic nitrogens is 2. The van der Waals surface area contributed by atoms with Crippen molar-refractivity contribution < 1.29 is 4.42 Å². The zero-order valence-electron chi connectivity index (χ0n) is 9.53. The third-order valence-electron chi connectivity index (χ3n) is 2.37. The molecule has 0 spiro atoms. The highest BCUT2D eigenvalue weighted by atomic mass is 35.5. The molecule has 1 aromatic heterocycles. The van der Waals surface area contributed by atoms with Gasteiger partial charge in [0.05, 0.1) is 0 Å². The van der Waals surface area contributed by atoms with Gasteiger partial charge in [0.15, 0.2) is 0 Å². The molecule has 0 bridgehead atoms. The summed E-state index contributed by atoms with van der Waals surface area (Å²) in [5, 5.41) is 7.89. The molecule has 1 heterocycles. The van der Waals surface area contributed by atoms with Crippen molar-refractivity contribution in [2.45, 2.75) is 26.7 Å². The van der Waals surface area contributed by atoms with Crippen molar-refractivity contribution in [3.05, 3.63) is 5.89 Å². The van der Waals surface area contributed by atoms with Crippen molar-refractivity contribution in [3.63, 3.8) is 0 Å². The fourth-order valence-electron chi connectivity index (χ4n) is 1.26. The SMILES string of the molecule is CCC(C)CN(C)c1nnc(CCCl)o1. The van der Waals surface area contributed by atoms with E-state index < -0.39 is 0 Å². The first kappa shape index (κ1) is 12.3. The lowest BCUT2D eigenvalue weighted by molar-refractivity contribution is 0.475. The van der Waals surface area contributed by atoms with E-state index in [9.17, 15) is 0 Å². The monoisotopic (exact) mass is 231 g/mol. The lowest BCUT2D eigenvalue weighted by Gasteiger charge is -2.17. The maximum Gasteiger partial charge on any atom is 0.317 e. The highest BCUT2D eigenvalue weighted by Crippen LogP contribution is 2.13. The number of nitrogens with zero attached hydrogens (tertiary/aromatic N) is 3. The highest BCUT2D eigenvalue weighted by Gasteiger charge is 2.12. The van der Waals surface area contributed by atoms with Gasteiger partial charge in [0.25, 0.3) is 0 Å². The molecule has 15 heavy (non-hydrogen) atoms. The summed E-state index contributed by atoms with van der Waals surface area (Å²) in [6.45, 7) is 5.30. The topological polar surface area (TPSA) is 42.2 Å². The molecule has 0 aliphatic heterocycles. The molecule has 1 rings (SSSR count). The molecule has 0 saturated heterocycles. The average Bonchev–Trinajstić information content (AvgIpc) is 2.67. The summed E-state index contributed by atoms with van der Waals surface area (Å²) >= 11 is 5.59. The molecule has 0 saturated carbocycles. The summed E-state index contributed by atoms with van der Waals surface area (Å²) in [7, 11) is 1.96. The standard InChI is InChI=1S/C10H18ClN3O/c1-4-8(2)7-14(3)10-13-12-9(15-10)5-6-11/h8H,4-7H2,1-3H3. The normalized spacial score (nSPS) is 12.8. The highest BCUT2D eigenvalue weighted by molar-refractivity contribution is 6.17. The number of anilines is 1. The molecule has 1 atom stereocenters. The molecule has 0 aromatic carbocycles. The van der Waals surface area contributed by atoms with Crippen LogP contribution in [-0.2, 0) is 6.42 Å². The van der Waals surface area contributed by atoms with Gasteiger partial charge in [-0.1, -0.05) is 25.4 Å². The Morgan fingerprint density at radius 1 is 1.47 bits per heavy atom. The van der Waals surface area contributed by atoms with Gasteiger partial charge < -0.3 is 9.32 Å². The Kier molecular flexibility index (Phi) is 4.88. The van der Waals surface area contributed by atoms with E-state index in [0.29, 0.717) is 30.1 Å². The van der Waals surface area contributed by atoms with Gasteiger partial charge in [0.2, 0.25) is 5.89 Å². The third kappa shape index (κ3) is 3.70. The number of halogens is 1. The Labute approximate surface area is 95.6 Å². The second-order valence-corrected chi connectivity index (χ2v) is 4.19. The first-order valence-corrected chi connectivity index (χ1v) is 5.80. The van der Waals surface area contributed by atoms with Crippen LogP contribution < -0.4 is 4.90 Å². The Morgan fingerprint density at radius 3 is 2.80 bits per heavy atom. The molecule has 5 heteroatoms. The van der Waals surface area contributed by atoms with E-state index in [4.69, 9.17) is 16.0 Å². The van der Waals surface area contributed by atoms with Crippen LogP contribution in [0.4, 0.5) is 6.01 Å². The minimum Gasteiger partial charge on any atom is -0.408 e. The summed E-state index contributed by atoms with van der Waals surface area (Å²) in [4.78, 5) is 1.99. The predicted octanol–water partition coefficient (Wildman–Crippen LogP) is 2.33. The van der Waals surface area contributed by atoms with Gasteiger partial charge in [-0.05, 0) is 5.92 Å². The van der Waals surface area contributed by atoms with E-state index in [1.165, 1.54) is 0 Å². The Hall–Kier alpha value is -0.770. The van der Waals surface area contributed by atoms with Crippen LogP contribution in [0.5, 0.6) is 0 Å². The maximum atomic E-state index is 5.59. The van der Waals surface area contributed by atoms with Gasteiger partial charge in [0.1, 0.15) is 0 Å². The van der Waals surface area contributed by atoms with Gasteiger partial charge in [-0.2, -0.15) is 0 Å². The smallest absolute Gasteiger partial charge is 0.317 e. The number of aryl methyl sites for hydroxylation is 1. The third-order valence-corrected chi connectivity index (χ3v) is 2.56.